The van der Waals surface area contributed by atoms with Crippen LogP contribution in [-0.4, -0.2) is 6.79 Å². The topological polar surface area (TPSA) is 18.5 Å². The monoisotopic (exact) mass is 152 g/mol. The van der Waals surface area contributed by atoms with Crippen LogP contribution in [0.3, 0.4) is 0 Å². The molecule has 2 heteroatoms. The van der Waals surface area contributed by atoms with Crippen molar-refractivity contribution in [2.24, 2.45) is 0 Å². The van der Waals surface area contributed by atoms with E-state index in [0.717, 1.165) is 17.9 Å². The van der Waals surface area contributed by atoms with Crippen LogP contribution in [0.25, 0.3) is 0 Å². The quantitative estimate of drug-likeness (QED) is 0.604. The summed E-state index contributed by atoms with van der Waals surface area (Å²) in [7, 11) is 0. The van der Waals surface area contributed by atoms with E-state index in [1.807, 2.05) is 6.08 Å². The molecule has 1 saturated heterocycles. The van der Waals surface area contributed by atoms with E-state index in [1.165, 1.54) is 0 Å². The van der Waals surface area contributed by atoms with Gasteiger partial charge in [0.15, 0.2) is 11.5 Å². The minimum absolute atomic E-state index is 0.325. The molecule has 0 aromatic heterocycles. The van der Waals surface area contributed by atoms with Gasteiger partial charge in [-0.05, 0) is 18.6 Å². The summed E-state index contributed by atoms with van der Waals surface area (Å²) in [5.74, 6) is 1.61. The lowest BCUT2D eigenvalue weighted by Gasteiger charge is -1.93. The Labute approximate surface area is 66.8 Å². The van der Waals surface area contributed by atoms with Crippen molar-refractivity contribution in [3.63, 3.8) is 0 Å². The minimum atomic E-state index is 0.325. The van der Waals surface area contributed by atoms with E-state index in [4.69, 9.17) is 9.47 Å². The Balaban J connectivity index is 2.72. The summed E-state index contributed by atoms with van der Waals surface area (Å²) in [5, 5.41) is 0. The van der Waals surface area contributed by atoms with Gasteiger partial charge in [0.05, 0.1) is 0 Å². The third kappa shape index (κ3) is 1.87. The van der Waals surface area contributed by atoms with E-state index >= 15 is 0 Å². The van der Waals surface area contributed by atoms with Crippen LogP contribution in [0.2, 0.25) is 0 Å². The van der Waals surface area contributed by atoms with E-state index < -0.39 is 0 Å². The molecule has 0 saturated carbocycles. The van der Waals surface area contributed by atoms with E-state index in [2.05, 4.69) is 13.5 Å². The van der Waals surface area contributed by atoms with Crippen LogP contribution in [0.15, 0.2) is 36.3 Å². The second-order valence-electron chi connectivity index (χ2n) is 2.15. The first-order valence-electron chi connectivity index (χ1n) is 3.67. The Hall–Kier alpha value is -1.18. The summed E-state index contributed by atoms with van der Waals surface area (Å²) in [6.45, 7) is 5.96. The average Bonchev–Trinajstić information content (AvgIpc) is 2.39. The van der Waals surface area contributed by atoms with Gasteiger partial charge in [0.1, 0.15) is 0 Å². The van der Waals surface area contributed by atoms with Crippen molar-refractivity contribution in [3.8, 4) is 0 Å². The van der Waals surface area contributed by atoms with Gasteiger partial charge in [-0.1, -0.05) is 19.6 Å². The van der Waals surface area contributed by atoms with Gasteiger partial charge in [-0.25, -0.2) is 0 Å². The normalized spacial score (nSPS) is 23.4. The van der Waals surface area contributed by atoms with Crippen molar-refractivity contribution in [1.82, 2.24) is 0 Å². The second-order valence-corrected chi connectivity index (χ2v) is 2.15. The molecule has 0 amide bonds. The SMILES string of the molecule is C=C/C=C1/OCO/C1=C/CC. The molecule has 0 radical (unpaired) electrons. The maximum absolute atomic E-state index is 5.18. The maximum Gasteiger partial charge on any atom is 0.231 e. The summed E-state index contributed by atoms with van der Waals surface area (Å²) in [5.41, 5.74) is 0. The Morgan fingerprint density at radius 2 is 2.18 bits per heavy atom. The van der Waals surface area contributed by atoms with Crippen LogP contribution in [-0.2, 0) is 9.47 Å². The van der Waals surface area contributed by atoms with Crippen molar-refractivity contribution in [1.29, 1.82) is 0 Å². The molecule has 0 aromatic carbocycles. The highest BCUT2D eigenvalue weighted by molar-refractivity contribution is 5.25. The molecule has 1 aliphatic heterocycles. The van der Waals surface area contributed by atoms with Crippen LogP contribution >= 0.6 is 0 Å². The van der Waals surface area contributed by atoms with Crippen LogP contribution in [0.5, 0.6) is 0 Å². The molecular formula is C9H12O2. The van der Waals surface area contributed by atoms with E-state index in [0.29, 0.717) is 6.79 Å². The molecule has 60 valence electrons. The molecule has 1 fully saturated rings. The van der Waals surface area contributed by atoms with E-state index in [-0.39, 0.29) is 0 Å². The highest BCUT2D eigenvalue weighted by Gasteiger charge is 2.13. The molecule has 0 aromatic rings. The van der Waals surface area contributed by atoms with Crippen LogP contribution in [0.4, 0.5) is 0 Å². The van der Waals surface area contributed by atoms with E-state index in [1.54, 1.807) is 12.2 Å². The average molecular weight is 152 g/mol. The number of hydrogen-bond acceptors (Lipinski definition) is 2. The fourth-order valence-corrected chi connectivity index (χ4v) is 0.881. The Bertz CT molecular complexity index is 202. The van der Waals surface area contributed by atoms with Crippen molar-refractivity contribution in [3.05, 3.63) is 36.3 Å². The first-order valence-corrected chi connectivity index (χ1v) is 3.67. The molecule has 0 aliphatic carbocycles. The lowest BCUT2D eigenvalue weighted by atomic mass is 10.3. The Morgan fingerprint density at radius 1 is 1.45 bits per heavy atom. The van der Waals surface area contributed by atoms with Gasteiger partial charge < -0.3 is 9.47 Å². The highest BCUT2D eigenvalue weighted by Crippen LogP contribution is 2.20. The van der Waals surface area contributed by atoms with Crippen LogP contribution in [0.1, 0.15) is 13.3 Å². The number of hydrogen-bond donors (Lipinski definition) is 0. The summed E-state index contributed by atoms with van der Waals surface area (Å²) in [6, 6.07) is 0. The molecule has 1 aliphatic rings. The van der Waals surface area contributed by atoms with Gasteiger partial charge in [0.2, 0.25) is 6.79 Å². The van der Waals surface area contributed by atoms with Gasteiger partial charge in [-0.15, -0.1) is 0 Å². The zero-order valence-corrected chi connectivity index (χ0v) is 6.67. The molecule has 0 bridgehead atoms. The second kappa shape index (κ2) is 3.86. The molecule has 0 atom stereocenters. The third-order valence-corrected chi connectivity index (χ3v) is 1.33. The van der Waals surface area contributed by atoms with Crippen molar-refractivity contribution in [2.75, 3.05) is 6.79 Å². The van der Waals surface area contributed by atoms with Gasteiger partial charge in [-0.3, -0.25) is 0 Å². The molecule has 11 heavy (non-hydrogen) atoms. The van der Waals surface area contributed by atoms with Crippen molar-refractivity contribution < 1.29 is 9.47 Å². The fraction of sp³-hybridized carbons (Fsp3) is 0.333. The molecule has 0 unspecified atom stereocenters. The maximum atomic E-state index is 5.18. The van der Waals surface area contributed by atoms with Gasteiger partial charge in [0.25, 0.3) is 0 Å². The first kappa shape index (κ1) is 7.92. The van der Waals surface area contributed by atoms with Gasteiger partial charge in [-0.2, -0.15) is 0 Å². The van der Waals surface area contributed by atoms with Gasteiger partial charge >= 0.3 is 0 Å². The zero-order chi connectivity index (χ0) is 8.10. The van der Waals surface area contributed by atoms with Gasteiger partial charge in [0, 0.05) is 0 Å². The predicted molar refractivity (Wildman–Crippen MR) is 43.7 cm³/mol. The number of rotatable bonds is 2. The lowest BCUT2D eigenvalue weighted by Crippen LogP contribution is -1.80. The third-order valence-electron chi connectivity index (χ3n) is 1.33. The largest absolute Gasteiger partial charge is 0.454 e. The van der Waals surface area contributed by atoms with Crippen LogP contribution < -0.4 is 0 Å². The van der Waals surface area contributed by atoms with Crippen molar-refractivity contribution >= 4 is 0 Å². The molecule has 2 nitrogen and oxygen atoms in total. The van der Waals surface area contributed by atoms with Crippen LogP contribution in [0, 0.1) is 0 Å². The summed E-state index contributed by atoms with van der Waals surface area (Å²) >= 11 is 0. The first-order chi connectivity index (χ1) is 5.38. The fourth-order valence-electron chi connectivity index (χ4n) is 0.881. The Morgan fingerprint density at radius 3 is 2.82 bits per heavy atom. The predicted octanol–water partition coefficient (Wildman–Crippen LogP) is 2.35. The summed E-state index contributed by atoms with van der Waals surface area (Å²) < 4.78 is 10.3. The molecule has 1 rings (SSSR count). The highest BCUT2D eigenvalue weighted by atomic mass is 16.7. The molecule has 0 N–H and O–H groups in total. The summed E-state index contributed by atoms with van der Waals surface area (Å²) in [6.07, 6.45) is 6.43. The Kier molecular flexibility index (Phi) is 2.78. The van der Waals surface area contributed by atoms with E-state index in [9.17, 15) is 0 Å². The molecular weight excluding hydrogens is 140 g/mol. The summed E-state index contributed by atoms with van der Waals surface area (Å²) in [4.78, 5) is 0. The number of ether oxygens (including phenoxy) is 2. The lowest BCUT2D eigenvalue weighted by molar-refractivity contribution is 0.0975. The zero-order valence-electron chi connectivity index (χ0n) is 6.67. The van der Waals surface area contributed by atoms with Crippen molar-refractivity contribution in [2.45, 2.75) is 13.3 Å². The number of allylic oxidation sites excluding steroid dienone is 3. The molecule has 1 heterocycles. The molecule has 0 spiro atoms. The minimum Gasteiger partial charge on any atom is -0.454 e. The smallest absolute Gasteiger partial charge is 0.231 e. The standard InChI is InChI=1S/C9H12O2/c1-3-5-8-9(6-4-2)11-7-10-8/h3,5-6H,1,4,7H2,2H3/b8-5+,9-6+.